The molecule has 0 unspecified atom stereocenters. The normalized spacial score (nSPS) is 14.0. The SMILES string of the molecule is c1ccc(N2c3ccc(-c4cccc5ccccc45)cc3Oc3c2ccc2c3C3(c4ccccc4-c4ccccc43)c3ccccc3-2)cc1. The van der Waals surface area contributed by atoms with Gasteiger partial charge in [0.05, 0.1) is 16.8 Å². The van der Waals surface area contributed by atoms with Gasteiger partial charge in [-0.2, -0.15) is 0 Å². The van der Waals surface area contributed by atoms with Gasteiger partial charge >= 0.3 is 0 Å². The number of anilines is 3. The van der Waals surface area contributed by atoms with Gasteiger partial charge in [-0.05, 0) is 91.2 Å². The third-order valence-electron chi connectivity index (χ3n) is 10.9. The van der Waals surface area contributed by atoms with Crippen LogP contribution in [-0.2, 0) is 5.41 Å². The molecule has 2 nitrogen and oxygen atoms in total. The van der Waals surface area contributed by atoms with Crippen LogP contribution in [0.1, 0.15) is 22.3 Å². The van der Waals surface area contributed by atoms with Crippen LogP contribution in [0.25, 0.3) is 44.2 Å². The van der Waals surface area contributed by atoms with E-state index < -0.39 is 5.41 Å². The Labute approximate surface area is 285 Å². The van der Waals surface area contributed by atoms with Crippen LogP contribution in [0.15, 0.2) is 176 Å². The molecular weight excluding hydrogens is 595 g/mol. The van der Waals surface area contributed by atoms with Crippen molar-refractivity contribution in [3.8, 4) is 44.9 Å². The van der Waals surface area contributed by atoms with E-state index in [9.17, 15) is 0 Å². The predicted octanol–water partition coefficient (Wildman–Crippen LogP) is 12.4. The van der Waals surface area contributed by atoms with Gasteiger partial charge in [0.1, 0.15) is 0 Å². The van der Waals surface area contributed by atoms with Crippen molar-refractivity contribution in [1.82, 2.24) is 0 Å². The summed E-state index contributed by atoms with van der Waals surface area (Å²) < 4.78 is 7.35. The first kappa shape index (κ1) is 26.7. The zero-order valence-electron chi connectivity index (χ0n) is 26.6. The van der Waals surface area contributed by atoms with Crippen LogP contribution < -0.4 is 9.64 Å². The molecule has 3 aliphatic rings. The van der Waals surface area contributed by atoms with Gasteiger partial charge in [-0.3, -0.25) is 0 Å². The molecule has 0 saturated heterocycles. The largest absolute Gasteiger partial charge is 0.453 e. The Bertz CT molecular complexity index is 2590. The molecule has 0 aromatic heterocycles. The smallest absolute Gasteiger partial charge is 0.156 e. The molecule has 8 aromatic carbocycles. The van der Waals surface area contributed by atoms with Crippen LogP contribution in [0.2, 0.25) is 0 Å². The fourth-order valence-electron chi connectivity index (χ4n) is 8.94. The highest BCUT2D eigenvalue weighted by molar-refractivity contribution is 6.01. The first-order valence-corrected chi connectivity index (χ1v) is 16.9. The van der Waals surface area contributed by atoms with Gasteiger partial charge in [0.25, 0.3) is 0 Å². The van der Waals surface area contributed by atoms with E-state index in [0.29, 0.717) is 0 Å². The summed E-state index contributed by atoms with van der Waals surface area (Å²) in [5, 5.41) is 2.46. The van der Waals surface area contributed by atoms with E-state index in [1.807, 2.05) is 0 Å². The second kappa shape index (κ2) is 9.82. The van der Waals surface area contributed by atoms with Crippen LogP contribution in [0.5, 0.6) is 11.5 Å². The number of nitrogens with zero attached hydrogens (tertiary/aromatic N) is 1. The minimum absolute atomic E-state index is 0.516. The molecular formula is C47H29NO. The molecule has 0 bridgehead atoms. The van der Waals surface area contributed by atoms with Gasteiger partial charge < -0.3 is 9.64 Å². The Morgan fingerprint density at radius 3 is 1.73 bits per heavy atom. The summed E-state index contributed by atoms with van der Waals surface area (Å²) in [5.74, 6) is 1.76. The molecule has 1 aliphatic heterocycles. The summed E-state index contributed by atoms with van der Waals surface area (Å²) in [6.07, 6.45) is 0. The monoisotopic (exact) mass is 623 g/mol. The van der Waals surface area contributed by atoms with E-state index in [2.05, 4.69) is 181 Å². The highest BCUT2D eigenvalue weighted by atomic mass is 16.5. The van der Waals surface area contributed by atoms with Gasteiger partial charge in [0.15, 0.2) is 11.5 Å². The number of fused-ring (bicyclic) bond motifs is 14. The lowest BCUT2D eigenvalue weighted by Crippen LogP contribution is -2.28. The number of hydrogen-bond donors (Lipinski definition) is 0. The van der Waals surface area contributed by atoms with Crippen molar-refractivity contribution in [3.05, 3.63) is 198 Å². The van der Waals surface area contributed by atoms with Crippen molar-refractivity contribution in [1.29, 1.82) is 0 Å². The molecule has 0 atom stereocenters. The minimum atomic E-state index is -0.516. The van der Waals surface area contributed by atoms with E-state index >= 15 is 0 Å². The summed E-state index contributed by atoms with van der Waals surface area (Å²) in [6, 6.07) is 64.0. The average Bonchev–Trinajstić information content (AvgIpc) is 3.64. The summed E-state index contributed by atoms with van der Waals surface area (Å²) >= 11 is 0. The quantitative estimate of drug-likeness (QED) is 0.190. The standard InChI is InChI=1S/C47H29NO/c1-2-15-32(16-3-1)48-42-27-25-31(34-21-12-14-30-13-4-5-17-33(30)34)29-44(42)49-46-43(48)28-26-38-37-20-8-11-24-41(37)47(45(38)46)39-22-9-6-18-35(39)36-19-7-10-23-40(36)47/h1-29H. The van der Waals surface area contributed by atoms with Crippen molar-refractivity contribution < 1.29 is 4.74 Å². The van der Waals surface area contributed by atoms with Crippen molar-refractivity contribution in [2.45, 2.75) is 5.41 Å². The maximum Gasteiger partial charge on any atom is 0.156 e. The Morgan fingerprint density at radius 2 is 1.00 bits per heavy atom. The number of benzene rings is 8. The molecule has 0 N–H and O–H groups in total. The molecule has 0 saturated carbocycles. The van der Waals surface area contributed by atoms with Crippen LogP contribution >= 0.6 is 0 Å². The molecule has 2 heteroatoms. The van der Waals surface area contributed by atoms with Gasteiger partial charge in [-0.15, -0.1) is 0 Å². The van der Waals surface area contributed by atoms with E-state index in [-0.39, 0.29) is 0 Å². The zero-order valence-corrected chi connectivity index (χ0v) is 26.6. The Hall–Kier alpha value is -6.38. The Kier molecular flexibility index (Phi) is 5.34. The van der Waals surface area contributed by atoms with Crippen molar-refractivity contribution in [3.63, 3.8) is 0 Å². The third-order valence-corrected chi connectivity index (χ3v) is 10.9. The van der Waals surface area contributed by atoms with E-state index in [4.69, 9.17) is 4.74 Å². The topological polar surface area (TPSA) is 12.5 Å². The second-order valence-electron chi connectivity index (χ2n) is 13.2. The number of ether oxygens (including phenoxy) is 1. The number of para-hydroxylation sites is 1. The number of rotatable bonds is 2. The minimum Gasteiger partial charge on any atom is -0.453 e. The van der Waals surface area contributed by atoms with Gasteiger partial charge in [0, 0.05) is 11.3 Å². The summed E-state index contributed by atoms with van der Waals surface area (Å²) in [4.78, 5) is 2.38. The molecule has 1 spiro atoms. The first-order chi connectivity index (χ1) is 24.3. The Morgan fingerprint density at radius 1 is 0.429 bits per heavy atom. The van der Waals surface area contributed by atoms with Crippen LogP contribution in [0, 0.1) is 0 Å². The first-order valence-electron chi connectivity index (χ1n) is 16.9. The van der Waals surface area contributed by atoms with Gasteiger partial charge in [-0.25, -0.2) is 0 Å². The second-order valence-corrected chi connectivity index (χ2v) is 13.2. The molecule has 0 radical (unpaired) electrons. The molecule has 0 amide bonds. The van der Waals surface area contributed by atoms with Gasteiger partial charge in [0.2, 0.25) is 0 Å². The average molecular weight is 624 g/mol. The fraction of sp³-hybridized carbons (Fsp3) is 0.0213. The van der Waals surface area contributed by atoms with Crippen molar-refractivity contribution in [2.24, 2.45) is 0 Å². The highest BCUT2D eigenvalue weighted by Crippen LogP contribution is 2.67. The molecule has 49 heavy (non-hydrogen) atoms. The molecule has 0 fully saturated rings. The highest BCUT2D eigenvalue weighted by Gasteiger charge is 2.54. The summed E-state index contributed by atoms with van der Waals surface area (Å²) in [5.41, 5.74) is 15.2. The van der Waals surface area contributed by atoms with Crippen LogP contribution in [0.4, 0.5) is 17.1 Å². The molecule has 11 rings (SSSR count). The van der Waals surface area contributed by atoms with Crippen LogP contribution in [0.3, 0.4) is 0 Å². The third kappa shape index (κ3) is 3.45. The summed E-state index contributed by atoms with van der Waals surface area (Å²) in [7, 11) is 0. The van der Waals surface area contributed by atoms with E-state index in [0.717, 1.165) is 34.1 Å². The fourth-order valence-corrected chi connectivity index (χ4v) is 8.94. The van der Waals surface area contributed by atoms with Gasteiger partial charge in [-0.1, -0.05) is 146 Å². The lowest BCUT2D eigenvalue weighted by molar-refractivity contribution is 0.466. The lowest BCUT2D eigenvalue weighted by Gasteiger charge is -2.37. The van der Waals surface area contributed by atoms with E-state index in [1.54, 1.807) is 0 Å². The molecule has 228 valence electrons. The van der Waals surface area contributed by atoms with Crippen LogP contribution in [-0.4, -0.2) is 0 Å². The van der Waals surface area contributed by atoms with Crippen molar-refractivity contribution in [2.75, 3.05) is 4.90 Å². The predicted molar refractivity (Wildman–Crippen MR) is 200 cm³/mol. The van der Waals surface area contributed by atoms with E-state index in [1.165, 1.54) is 60.8 Å². The molecule has 8 aromatic rings. The maximum atomic E-state index is 7.35. The molecule has 1 heterocycles. The zero-order chi connectivity index (χ0) is 32.1. The molecule has 2 aliphatic carbocycles. The summed E-state index contributed by atoms with van der Waals surface area (Å²) in [6.45, 7) is 0. The van der Waals surface area contributed by atoms with Crippen molar-refractivity contribution >= 4 is 27.8 Å². The lowest BCUT2D eigenvalue weighted by atomic mass is 9.70. The number of hydrogen-bond acceptors (Lipinski definition) is 2. The Balaban J connectivity index is 1.23. The maximum absolute atomic E-state index is 7.35.